The van der Waals surface area contributed by atoms with Crippen LogP contribution in [0, 0.1) is 11.3 Å². The minimum absolute atomic E-state index is 0.0121. The minimum Gasteiger partial charge on any atom is -0.462 e. The molecule has 2 rings (SSSR count). The van der Waals surface area contributed by atoms with E-state index in [2.05, 4.69) is 0 Å². The van der Waals surface area contributed by atoms with Gasteiger partial charge >= 0.3 is 11.9 Å². The molecule has 0 bridgehead atoms. The molecule has 0 fully saturated rings. The Hall–Kier alpha value is -3.27. The van der Waals surface area contributed by atoms with Crippen LogP contribution in [0.4, 0.5) is 5.69 Å². The molecule has 0 atom stereocenters. The second-order valence-corrected chi connectivity index (χ2v) is 6.56. The van der Waals surface area contributed by atoms with E-state index in [9.17, 15) is 9.59 Å². The van der Waals surface area contributed by atoms with Crippen molar-refractivity contribution in [1.82, 2.24) is 4.57 Å². The number of esters is 2. The van der Waals surface area contributed by atoms with Crippen LogP contribution in [0.5, 0.6) is 0 Å². The summed E-state index contributed by atoms with van der Waals surface area (Å²) in [5, 5.41) is 9.11. The van der Waals surface area contributed by atoms with Crippen molar-refractivity contribution in [2.45, 2.75) is 33.3 Å². The van der Waals surface area contributed by atoms with E-state index in [1.54, 1.807) is 52.0 Å². The lowest BCUT2D eigenvalue weighted by atomic mass is 10.2. The lowest BCUT2D eigenvalue weighted by Crippen LogP contribution is -2.26. The maximum absolute atomic E-state index is 12.7. The number of nitriles is 1. The zero-order chi connectivity index (χ0) is 19.5. The highest BCUT2D eigenvalue weighted by atomic mass is 16.6. The van der Waals surface area contributed by atoms with E-state index in [0.717, 1.165) is 0 Å². The molecule has 26 heavy (non-hydrogen) atoms. The summed E-state index contributed by atoms with van der Waals surface area (Å²) in [6.45, 7) is 7.05. The standard InChI is InChI=1S/C19H21N3O4/c1-5-25-17(23)14-11-22(13-8-6-7-12(9-13)10-20)16(15(14)21)18(24)26-19(2,3)4/h6-9,11H,5,21H2,1-4H3. The highest BCUT2D eigenvalue weighted by molar-refractivity contribution is 6.04. The molecule has 2 aromatic rings. The van der Waals surface area contributed by atoms with Gasteiger partial charge in [-0.3, -0.25) is 0 Å². The van der Waals surface area contributed by atoms with Crippen molar-refractivity contribution >= 4 is 17.6 Å². The fourth-order valence-corrected chi connectivity index (χ4v) is 2.36. The van der Waals surface area contributed by atoms with Crippen LogP contribution >= 0.6 is 0 Å². The summed E-state index contributed by atoms with van der Waals surface area (Å²) in [5.74, 6) is -1.31. The Morgan fingerprint density at radius 1 is 1.27 bits per heavy atom. The first kappa shape index (κ1) is 19.1. The molecule has 0 saturated carbocycles. The fourth-order valence-electron chi connectivity index (χ4n) is 2.36. The van der Waals surface area contributed by atoms with E-state index in [1.807, 2.05) is 6.07 Å². The van der Waals surface area contributed by atoms with Crippen LogP contribution < -0.4 is 5.73 Å². The molecule has 0 aliphatic heterocycles. The second-order valence-electron chi connectivity index (χ2n) is 6.56. The van der Waals surface area contributed by atoms with Crippen LogP contribution in [0.15, 0.2) is 30.5 Å². The van der Waals surface area contributed by atoms with Crippen molar-refractivity contribution in [1.29, 1.82) is 5.26 Å². The van der Waals surface area contributed by atoms with Gasteiger partial charge in [-0.25, -0.2) is 9.59 Å². The Labute approximate surface area is 151 Å². The molecule has 0 saturated heterocycles. The molecular weight excluding hydrogens is 334 g/mol. The maximum Gasteiger partial charge on any atom is 0.358 e. The van der Waals surface area contributed by atoms with Crippen LogP contribution in [0.25, 0.3) is 5.69 Å². The van der Waals surface area contributed by atoms with E-state index in [4.69, 9.17) is 20.5 Å². The van der Waals surface area contributed by atoms with Crippen LogP contribution in [-0.2, 0) is 9.47 Å². The predicted octanol–water partition coefficient (Wildman–Crippen LogP) is 3.06. The zero-order valence-electron chi connectivity index (χ0n) is 15.2. The van der Waals surface area contributed by atoms with E-state index in [-0.39, 0.29) is 23.6 Å². The molecule has 136 valence electrons. The number of nitrogens with two attached hydrogens (primary N) is 1. The van der Waals surface area contributed by atoms with Crippen LogP contribution in [0.3, 0.4) is 0 Å². The Kier molecular flexibility index (Phi) is 5.36. The normalized spacial score (nSPS) is 10.9. The Morgan fingerprint density at radius 3 is 2.54 bits per heavy atom. The topological polar surface area (TPSA) is 107 Å². The molecule has 0 spiro atoms. The largest absolute Gasteiger partial charge is 0.462 e. The number of benzene rings is 1. The molecule has 0 unspecified atom stereocenters. The van der Waals surface area contributed by atoms with Crippen molar-refractivity contribution in [3.05, 3.63) is 47.3 Å². The Balaban J connectivity index is 2.65. The number of hydrogen-bond acceptors (Lipinski definition) is 6. The summed E-state index contributed by atoms with van der Waals surface area (Å²) in [6.07, 6.45) is 1.42. The molecule has 1 aromatic heterocycles. The van der Waals surface area contributed by atoms with E-state index < -0.39 is 17.5 Å². The highest BCUT2D eigenvalue weighted by Crippen LogP contribution is 2.27. The third-order valence-corrected chi connectivity index (χ3v) is 3.39. The monoisotopic (exact) mass is 355 g/mol. The van der Waals surface area contributed by atoms with Gasteiger partial charge in [0, 0.05) is 11.9 Å². The molecule has 2 N–H and O–H groups in total. The summed E-state index contributed by atoms with van der Waals surface area (Å²) >= 11 is 0. The fraction of sp³-hybridized carbons (Fsp3) is 0.316. The smallest absolute Gasteiger partial charge is 0.358 e. The number of hydrogen-bond donors (Lipinski definition) is 1. The number of anilines is 1. The third-order valence-electron chi connectivity index (χ3n) is 3.39. The summed E-state index contributed by atoms with van der Waals surface area (Å²) < 4.78 is 11.9. The van der Waals surface area contributed by atoms with Crippen LogP contribution in [0.1, 0.15) is 54.1 Å². The predicted molar refractivity (Wildman–Crippen MR) is 96.0 cm³/mol. The summed E-state index contributed by atoms with van der Waals surface area (Å²) in [6, 6.07) is 8.63. The van der Waals surface area contributed by atoms with Gasteiger partial charge in [-0.15, -0.1) is 0 Å². The lowest BCUT2D eigenvalue weighted by molar-refractivity contribution is 0.00618. The number of ether oxygens (including phenoxy) is 2. The molecule has 0 radical (unpaired) electrons. The van der Waals surface area contributed by atoms with E-state index in [1.165, 1.54) is 10.8 Å². The quantitative estimate of drug-likeness (QED) is 0.845. The van der Waals surface area contributed by atoms with Crippen molar-refractivity contribution in [3.63, 3.8) is 0 Å². The van der Waals surface area contributed by atoms with Gasteiger partial charge in [-0.2, -0.15) is 5.26 Å². The zero-order valence-corrected chi connectivity index (χ0v) is 15.2. The summed E-state index contributed by atoms with van der Waals surface area (Å²) in [4.78, 5) is 24.9. The average Bonchev–Trinajstić information content (AvgIpc) is 2.91. The number of rotatable bonds is 4. The second kappa shape index (κ2) is 7.31. The van der Waals surface area contributed by atoms with Gasteiger partial charge in [0.25, 0.3) is 0 Å². The average molecular weight is 355 g/mol. The van der Waals surface area contributed by atoms with E-state index >= 15 is 0 Å². The summed E-state index contributed by atoms with van der Waals surface area (Å²) in [5.41, 5.74) is 6.30. The molecule has 1 aromatic carbocycles. The number of carbonyl (C=O) groups is 2. The summed E-state index contributed by atoms with van der Waals surface area (Å²) in [7, 11) is 0. The highest BCUT2D eigenvalue weighted by Gasteiger charge is 2.28. The molecule has 0 aliphatic rings. The Morgan fingerprint density at radius 2 is 1.96 bits per heavy atom. The third kappa shape index (κ3) is 4.03. The number of nitrogen functional groups attached to an aromatic ring is 1. The van der Waals surface area contributed by atoms with Gasteiger partial charge in [0.15, 0.2) is 5.69 Å². The minimum atomic E-state index is -0.739. The molecule has 0 aliphatic carbocycles. The van der Waals surface area contributed by atoms with Crippen molar-refractivity contribution < 1.29 is 19.1 Å². The molecule has 7 heteroatoms. The lowest BCUT2D eigenvalue weighted by Gasteiger charge is -2.20. The van der Waals surface area contributed by atoms with E-state index in [0.29, 0.717) is 11.3 Å². The van der Waals surface area contributed by atoms with Gasteiger partial charge in [0.1, 0.15) is 11.2 Å². The van der Waals surface area contributed by atoms with Crippen LogP contribution in [-0.4, -0.2) is 28.7 Å². The van der Waals surface area contributed by atoms with Crippen molar-refractivity contribution in [2.24, 2.45) is 0 Å². The van der Waals surface area contributed by atoms with Gasteiger partial charge < -0.3 is 19.8 Å². The number of nitrogens with zero attached hydrogens (tertiary/aromatic N) is 2. The van der Waals surface area contributed by atoms with Crippen LogP contribution in [0.2, 0.25) is 0 Å². The van der Waals surface area contributed by atoms with Crippen molar-refractivity contribution in [2.75, 3.05) is 12.3 Å². The molecule has 7 nitrogen and oxygen atoms in total. The van der Waals surface area contributed by atoms with Gasteiger partial charge in [-0.05, 0) is 45.9 Å². The van der Waals surface area contributed by atoms with Gasteiger partial charge in [0.05, 0.1) is 23.9 Å². The first-order chi connectivity index (χ1) is 12.2. The molecule has 0 amide bonds. The number of carbonyl (C=O) groups excluding carboxylic acids is 2. The van der Waals surface area contributed by atoms with Crippen molar-refractivity contribution in [3.8, 4) is 11.8 Å². The van der Waals surface area contributed by atoms with Gasteiger partial charge in [0.2, 0.25) is 0 Å². The van der Waals surface area contributed by atoms with Gasteiger partial charge in [-0.1, -0.05) is 6.07 Å². The molecule has 1 heterocycles. The first-order valence-corrected chi connectivity index (χ1v) is 8.09. The number of aromatic nitrogens is 1. The Bertz CT molecular complexity index is 885. The molecular formula is C19H21N3O4. The first-order valence-electron chi connectivity index (χ1n) is 8.09. The SMILES string of the molecule is CCOC(=O)c1cn(-c2cccc(C#N)c2)c(C(=O)OC(C)(C)C)c1N. The maximum atomic E-state index is 12.7.